The summed E-state index contributed by atoms with van der Waals surface area (Å²) in [5, 5.41) is 10.6. The van der Waals surface area contributed by atoms with E-state index in [1.54, 1.807) is 7.11 Å². The molecule has 2 aliphatic heterocycles. The monoisotopic (exact) mass is 299 g/mol. The molecule has 4 nitrogen and oxygen atoms in total. The van der Waals surface area contributed by atoms with Gasteiger partial charge in [-0.25, -0.2) is 0 Å². The Kier molecular flexibility index (Phi) is 2.39. The van der Waals surface area contributed by atoms with Gasteiger partial charge in [0.1, 0.15) is 12.2 Å². The number of likely N-dealkylation sites (tertiary alicyclic amines) is 1. The maximum atomic E-state index is 10.6. The second-order valence-electron chi connectivity index (χ2n) is 7.11. The van der Waals surface area contributed by atoms with Gasteiger partial charge < -0.3 is 19.5 Å². The van der Waals surface area contributed by atoms with E-state index in [1.807, 2.05) is 12.1 Å². The number of benzene rings is 1. The highest BCUT2D eigenvalue weighted by molar-refractivity contribution is 5.62. The fraction of sp³-hybridized carbons (Fsp3) is 0.556. The predicted octanol–water partition coefficient (Wildman–Crippen LogP) is 1.50. The third-order valence-electron chi connectivity index (χ3n) is 6.35. The van der Waals surface area contributed by atoms with Gasteiger partial charge in [-0.1, -0.05) is 18.2 Å². The number of piperidine rings is 1. The van der Waals surface area contributed by atoms with Crippen molar-refractivity contribution >= 4 is 0 Å². The first-order valence-electron chi connectivity index (χ1n) is 8.10. The lowest BCUT2D eigenvalue weighted by Gasteiger charge is -2.56. The quantitative estimate of drug-likeness (QED) is 0.798. The molecule has 2 bridgehead atoms. The minimum atomic E-state index is -0.539. The first-order valence-corrected chi connectivity index (χ1v) is 8.10. The number of ether oxygens (including phenoxy) is 2. The van der Waals surface area contributed by atoms with E-state index in [0.717, 1.165) is 30.9 Å². The van der Waals surface area contributed by atoms with Crippen LogP contribution in [-0.2, 0) is 11.8 Å². The fourth-order valence-corrected chi connectivity index (χ4v) is 5.39. The third-order valence-corrected chi connectivity index (χ3v) is 6.35. The highest BCUT2D eigenvalue weighted by Gasteiger charge is 2.64. The van der Waals surface area contributed by atoms with Gasteiger partial charge in [-0.3, -0.25) is 0 Å². The smallest absolute Gasteiger partial charge is 0.165 e. The van der Waals surface area contributed by atoms with Crippen molar-refractivity contribution in [2.75, 3.05) is 20.7 Å². The van der Waals surface area contributed by atoms with Crippen LogP contribution in [0, 0.1) is 5.92 Å². The number of rotatable bonds is 1. The van der Waals surface area contributed by atoms with Crippen molar-refractivity contribution < 1.29 is 14.6 Å². The Bertz CT molecular complexity index is 685. The molecule has 4 heteroatoms. The average molecular weight is 299 g/mol. The molecule has 1 aromatic carbocycles. The Hall–Kier alpha value is -1.52. The normalized spacial score (nSPS) is 41.0. The van der Waals surface area contributed by atoms with Crippen LogP contribution in [0.15, 0.2) is 24.3 Å². The van der Waals surface area contributed by atoms with E-state index in [4.69, 9.17) is 9.47 Å². The molecule has 116 valence electrons. The zero-order valence-electron chi connectivity index (χ0n) is 13.0. The molecule has 2 aliphatic carbocycles. The van der Waals surface area contributed by atoms with Gasteiger partial charge >= 0.3 is 0 Å². The summed E-state index contributed by atoms with van der Waals surface area (Å²) in [5.74, 6) is 2.09. The molecular formula is C18H21NO3. The number of hydrogen-bond donors (Lipinski definition) is 1. The lowest BCUT2D eigenvalue weighted by atomic mass is 9.53. The molecule has 1 saturated heterocycles. The summed E-state index contributed by atoms with van der Waals surface area (Å²) in [4.78, 5) is 2.47. The summed E-state index contributed by atoms with van der Waals surface area (Å²) in [6.45, 7) is 1.05. The summed E-state index contributed by atoms with van der Waals surface area (Å²) in [5.41, 5.74) is 2.60. The SMILES string of the molecule is COc1ccc2c3c1O[C@H]1C(O)C=CC4C(C2)N(C)CC[C@@]341. The number of likely N-dealkylation sites (N-methyl/N-ethyl adjacent to an activating group) is 1. The fourth-order valence-electron chi connectivity index (χ4n) is 5.39. The van der Waals surface area contributed by atoms with Gasteiger partial charge in [-0.2, -0.15) is 0 Å². The molecule has 0 amide bonds. The van der Waals surface area contributed by atoms with Crippen molar-refractivity contribution in [3.05, 3.63) is 35.4 Å². The van der Waals surface area contributed by atoms with E-state index in [0.29, 0.717) is 12.0 Å². The Morgan fingerprint density at radius 3 is 3.05 bits per heavy atom. The highest BCUT2D eigenvalue weighted by atomic mass is 16.5. The number of methoxy groups -OCH3 is 1. The summed E-state index contributed by atoms with van der Waals surface area (Å²) in [6.07, 6.45) is 5.54. The van der Waals surface area contributed by atoms with Crippen LogP contribution >= 0.6 is 0 Å². The lowest BCUT2D eigenvalue weighted by molar-refractivity contribution is -0.0453. The molecule has 3 unspecified atom stereocenters. The Balaban J connectivity index is 1.82. The van der Waals surface area contributed by atoms with E-state index in [9.17, 15) is 5.11 Å². The van der Waals surface area contributed by atoms with Crippen LogP contribution in [0.2, 0.25) is 0 Å². The van der Waals surface area contributed by atoms with Crippen LogP contribution in [0.5, 0.6) is 11.5 Å². The lowest BCUT2D eigenvalue weighted by Crippen LogP contribution is -2.64. The van der Waals surface area contributed by atoms with Crippen molar-refractivity contribution in [1.29, 1.82) is 0 Å². The molecule has 0 aromatic heterocycles. The summed E-state index contributed by atoms with van der Waals surface area (Å²) in [6, 6.07) is 4.70. The summed E-state index contributed by atoms with van der Waals surface area (Å²) in [7, 11) is 3.91. The number of hydrogen-bond acceptors (Lipinski definition) is 4. The van der Waals surface area contributed by atoms with Gasteiger partial charge in [0.15, 0.2) is 11.5 Å². The predicted molar refractivity (Wildman–Crippen MR) is 82.5 cm³/mol. The average Bonchev–Trinajstić information content (AvgIpc) is 2.88. The van der Waals surface area contributed by atoms with E-state index in [1.165, 1.54) is 11.1 Å². The second-order valence-corrected chi connectivity index (χ2v) is 7.11. The molecule has 5 rings (SSSR count). The zero-order valence-corrected chi connectivity index (χ0v) is 13.0. The van der Waals surface area contributed by atoms with Crippen LogP contribution in [0.25, 0.3) is 0 Å². The maximum Gasteiger partial charge on any atom is 0.165 e. The first kappa shape index (κ1) is 13.0. The van der Waals surface area contributed by atoms with Gasteiger partial charge in [0.25, 0.3) is 0 Å². The Labute approximate surface area is 130 Å². The molecule has 1 fully saturated rings. The van der Waals surface area contributed by atoms with Gasteiger partial charge in [-0.15, -0.1) is 0 Å². The standard InChI is InChI=1S/C18H21NO3/c1-19-8-7-18-11-4-5-13(20)17(18)22-16-14(21-2)6-3-10(15(16)18)9-12(11)19/h3-6,11-13,17,20H,7-9H2,1-2H3/t11?,12?,13?,17-,18-/m0/s1. The molecule has 4 aliphatic rings. The first-order chi connectivity index (χ1) is 10.7. The minimum absolute atomic E-state index is 0.0806. The minimum Gasteiger partial charge on any atom is -0.493 e. The van der Waals surface area contributed by atoms with E-state index < -0.39 is 6.10 Å². The maximum absolute atomic E-state index is 10.6. The molecule has 1 spiro atoms. The summed E-state index contributed by atoms with van der Waals surface area (Å²) < 4.78 is 11.8. The van der Waals surface area contributed by atoms with Crippen molar-refractivity contribution in [1.82, 2.24) is 4.90 Å². The van der Waals surface area contributed by atoms with E-state index >= 15 is 0 Å². The topological polar surface area (TPSA) is 41.9 Å². The molecule has 1 aromatic rings. The van der Waals surface area contributed by atoms with E-state index in [2.05, 4.69) is 24.1 Å². The molecule has 5 atom stereocenters. The van der Waals surface area contributed by atoms with E-state index in [-0.39, 0.29) is 11.5 Å². The number of nitrogens with zero attached hydrogens (tertiary/aromatic N) is 1. The second kappa shape index (κ2) is 4.06. The third kappa shape index (κ3) is 1.28. The Morgan fingerprint density at radius 2 is 2.23 bits per heavy atom. The molecule has 0 saturated carbocycles. The van der Waals surface area contributed by atoms with Gasteiger partial charge in [0.2, 0.25) is 0 Å². The van der Waals surface area contributed by atoms with Crippen LogP contribution in [0.3, 0.4) is 0 Å². The van der Waals surface area contributed by atoms with Crippen molar-refractivity contribution in [3.8, 4) is 11.5 Å². The Morgan fingerprint density at radius 1 is 1.36 bits per heavy atom. The largest absolute Gasteiger partial charge is 0.493 e. The van der Waals surface area contributed by atoms with Gasteiger partial charge in [0, 0.05) is 22.9 Å². The van der Waals surface area contributed by atoms with Crippen molar-refractivity contribution in [2.24, 2.45) is 5.92 Å². The van der Waals surface area contributed by atoms with Crippen LogP contribution in [0.1, 0.15) is 17.5 Å². The van der Waals surface area contributed by atoms with Crippen LogP contribution in [0.4, 0.5) is 0 Å². The zero-order chi connectivity index (χ0) is 15.1. The number of aliphatic hydroxyl groups is 1. The molecule has 2 heterocycles. The van der Waals surface area contributed by atoms with Crippen molar-refractivity contribution in [3.63, 3.8) is 0 Å². The van der Waals surface area contributed by atoms with Gasteiger partial charge in [0.05, 0.1) is 7.11 Å². The molecular weight excluding hydrogens is 278 g/mol. The molecule has 22 heavy (non-hydrogen) atoms. The highest BCUT2D eigenvalue weighted by Crippen LogP contribution is 2.62. The van der Waals surface area contributed by atoms with Crippen LogP contribution < -0.4 is 9.47 Å². The summed E-state index contributed by atoms with van der Waals surface area (Å²) >= 11 is 0. The molecule has 0 radical (unpaired) electrons. The number of aliphatic hydroxyl groups excluding tert-OH is 1. The van der Waals surface area contributed by atoms with Crippen LogP contribution in [-0.4, -0.2) is 49.0 Å². The van der Waals surface area contributed by atoms with Crippen molar-refractivity contribution in [2.45, 2.75) is 36.5 Å². The van der Waals surface area contributed by atoms with Gasteiger partial charge in [-0.05, 0) is 38.1 Å². The molecule has 1 N–H and O–H groups in total.